The number of aliphatic carboxylic acids is 1. The molecule has 7 heteroatoms. The zero-order valence-corrected chi connectivity index (χ0v) is 12.0. The van der Waals surface area contributed by atoms with E-state index in [1.165, 1.54) is 4.68 Å². The highest BCUT2D eigenvalue weighted by Crippen LogP contribution is 2.29. The average Bonchev–Trinajstić information content (AvgIpc) is 2.80. The minimum Gasteiger partial charge on any atom is -0.481 e. The normalized spacial score (nSPS) is 12.1. The van der Waals surface area contributed by atoms with Crippen LogP contribution in [0.1, 0.15) is 46.4 Å². The number of carboxylic acid groups (broad SMARTS) is 1. The molecule has 0 bridgehead atoms. The van der Waals surface area contributed by atoms with Crippen molar-refractivity contribution in [1.82, 2.24) is 20.2 Å². The van der Waals surface area contributed by atoms with Gasteiger partial charge in [-0.05, 0) is 37.1 Å². The van der Waals surface area contributed by atoms with E-state index >= 15 is 0 Å². The maximum atomic E-state index is 11.5. The molecule has 7 nitrogen and oxygen atoms in total. The Bertz CT molecular complexity index is 413. The number of ether oxygens (including phenoxy) is 1. The van der Waals surface area contributed by atoms with Gasteiger partial charge in [-0.3, -0.25) is 4.79 Å². The van der Waals surface area contributed by atoms with Gasteiger partial charge >= 0.3 is 5.97 Å². The molecule has 0 radical (unpaired) electrons. The van der Waals surface area contributed by atoms with Gasteiger partial charge in [-0.25, -0.2) is 4.68 Å². The van der Waals surface area contributed by atoms with Crippen LogP contribution in [0.25, 0.3) is 0 Å². The van der Waals surface area contributed by atoms with Crippen LogP contribution in [0.5, 0.6) is 0 Å². The van der Waals surface area contributed by atoms with E-state index < -0.39 is 11.4 Å². The summed E-state index contributed by atoms with van der Waals surface area (Å²) in [4.78, 5) is 11.5. The molecule has 0 saturated heterocycles. The summed E-state index contributed by atoms with van der Waals surface area (Å²) in [6.45, 7) is 8.13. The van der Waals surface area contributed by atoms with E-state index in [1.807, 2.05) is 27.7 Å². The van der Waals surface area contributed by atoms with Gasteiger partial charge in [-0.2, -0.15) is 0 Å². The van der Waals surface area contributed by atoms with Gasteiger partial charge in [0.25, 0.3) is 0 Å². The summed E-state index contributed by atoms with van der Waals surface area (Å²) in [5.74, 6) is -0.259. The first-order chi connectivity index (χ1) is 8.95. The Hall–Kier alpha value is -1.50. The highest BCUT2D eigenvalue weighted by atomic mass is 16.5. The Morgan fingerprint density at radius 2 is 2.05 bits per heavy atom. The van der Waals surface area contributed by atoms with Crippen molar-refractivity contribution in [3.8, 4) is 0 Å². The number of nitrogens with zero attached hydrogens (tertiary/aromatic N) is 4. The van der Waals surface area contributed by atoms with Crippen molar-refractivity contribution in [1.29, 1.82) is 0 Å². The fraction of sp³-hybridized carbons (Fsp3) is 0.833. The number of aromatic nitrogens is 4. The molecule has 0 aliphatic carbocycles. The van der Waals surface area contributed by atoms with Crippen molar-refractivity contribution in [2.45, 2.75) is 59.8 Å². The Balaban J connectivity index is 2.86. The van der Waals surface area contributed by atoms with E-state index in [9.17, 15) is 9.90 Å². The number of tetrazole rings is 1. The number of hydrogen-bond donors (Lipinski definition) is 1. The van der Waals surface area contributed by atoms with Gasteiger partial charge < -0.3 is 9.84 Å². The highest BCUT2D eigenvalue weighted by Gasteiger charge is 2.36. The van der Waals surface area contributed by atoms with E-state index in [2.05, 4.69) is 15.5 Å². The van der Waals surface area contributed by atoms with Crippen LogP contribution in [0.15, 0.2) is 0 Å². The van der Waals surface area contributed by atoms with Crippen LogP contribution in [0.4, 0.5) is 0 Å². The van der Waals surface area contributed by atoms with Crippen molar-refractivity contribution in [3.63, 3.8) is 0 Å². The zero-order valence-electron chi connectivity index (χ0n) is 12.0. The lowest BCUT2D eigenvalue weighted by Crippen LogP contribution is -2.35. The lowest BCUT2D eigenvalue weighted by molar-refractivity contribution is -0.150. The second kappa shape index (κ2) is 6.60. The van der Waals surface area contributed by atoms with Crippen LogP contribution in [0.2, 0.25) is 0 Å². The quantitative estimate of drug-likeness (QED) is 0.769. The second-order valence-corrected chi connectivity index (χ2v) is 4.91. The molecular formula is C12H22N4O3. The van der Waals surface area contributed by atoms with E-state index in [1.54, 1.807) is 0 Å². The fourth-order valence-electron chi connectivity index (χ4n) is 1.82. The third-order valence-electron chi connectivity index (χ3n) is 3.41. The van der Waals surface area contributed by atoms with Gasteiger partial charge in [0.1, 0.15) is 6.61 Å². The van der Waals surface area contributed by atoms with Gasteiger partial charge in [0, 0.05) is 0 Å². The van der Waals surface area contributed by atoms with Crippen LogP contribution in [-0.4, -0.2) is 37.4 Å². The molecule has 1 rings (SSSR count). The van der Waals surface area contributed by atoms with E-state index in [0.29, 0.717) is 18.7 Å². The first-order valence-electron chi connectivity index (χ1n) is 6.55. The predicted octanol–water partition coefficient (Wildman–Crippen LogP) is 1.49. The molecule has 0 amide bonds. The van der Waals surface area contributed by atoms with Gasteiger partial charge in [-0.15, -0.1) is 5.10 Å². The average molecular weight is 270 g/mol. The van der Waals surface area contributed by atoms with Crippen LogP contribution < -0.4 is 0 Å². The second-order valence-electron chi connectivity index (χ2n) is 4.91. The number of rotatable bonds is 8. The molecule has 0 fully saturated rings. The maximum absolute atomic E-state index is 11.5. The number of carboxylic acids is 1. The Kier molecular flexibility index (Phi) is 5.41. The SMILES string of the molecule is CCC(CC)(Cn1nnnc1COC(C)C)C(=O)O. The Labute approximate surface area is 112 Å². The van der Waals surface area contributed by atoms with E-state index in [0.717, 1.165) is 0 Å². The molecular weight excluding hydrogens is 248 g/mol. The van der Waals surface area contributed by atoms with Crippen molar-refractivity contribution in [2.75, 3.05) is 0 Å². The van der Waals surface area contributed by atoms with Crippen LogP contribution in [-0.2, 0) is 22.7 Å². The van der Waals surface area contributed by atoms with E-state index in [4.69, 9.17) is 4.74 Å². The summed E-state index contributed by atoms with van der Waals surface area (Å²) in [6.07, 6.45) is 1.14. The van der Waals surface area contributed by atoms with Gasteiger partial charge in [0.15, 0.2) is 5.82 Å². The molecule has 1 N–H and O–H groups in total. The molecule has 1 heterocycles. The van der Waals surface area contributed by atoms with Gasteiger partial charge in [-0.1, -0.05) is 13.8 Å². The first-order valence-corrected chi connectivity index (χ1v) is 6.55. The Morgan fingerprint density at radius 1 is 1.42 bits per heavy atom. The predicted molar refractivity (Wildman–Crippen MR) is 68.4 cm³/mol. The molecule has 0 saturated carbocycles. The third-order valence-corrected chi connectivity index (χ3v) is 3.41. The van der Waals surface area contributed by atoms with Crippen LogP contribution in [0, 0.1) is 5.41 Å². The molecule has 0 atom stereocenters. The summed E-state index contributed by atoms with van der Waals surface area (Å²) < 4.78 is 6.99. The van der Waals surface area contributed by atoms with Gasteiger partial charge in [0.05, 0.1) is 18.1 Å². The molecule has 19 heavy (non-hydrogen) atoms. The molecule has 0 spiro atoms. The zero-order chi connectivity index (χ0) is 14.5. The number of carbonyl (C=O) groups is 1. The lowest BCUT2D eigenvalue weighted by atomic mass is 9.82. The molecule has 0 aliphatic rings. The minimum absolute atomic E-state index is 0.0757. The monoisotopic (exact) mass is 270 g/mol. The van der Waals surface area contributed by atoms with Crippen molar-refractivity contribution < 1.29 is 14.6 Å². The summed E-state index contributed by atoms with van der Waals surface area (Å²) in [5, 5.41) is 20.8. The fourth-order valence-corrected chi connectivity index (χ4v) is 1.82. The topological polar surface area (TPSA) is 90.1 Å². The molecule has 0 aromatic carbocycles. The third kappa shape index (κ3) is 3.73. The molecule has 0 aliphatic heterocycles. The van der Waals surface area contributed by atoms with Crippen molar-refractivity contribution in [3.05, 3.63) is 5.82 Å². The maximum Gasteiger partial charge on any atom is 0.311 e. The summed E-state index contributed by atoms with van der Waals surface area (Å²) in [6, 6.07) is 0. The molecule has 108 valence electrons. The molecule has 1 aromatic heterocycles. The van der Waals surface area contributed by atoms with E-state index in [-0.39, 0.29) is 19.3 Å². The van der Waals surface area contributed by atoms with Gasteiger partial charge in [0.2, 0.25) is 0 Å². The summed E-state index contributed by atoms with van der Waals surface area (Å²) in [7, 11) is 0. The first kappa shape index (κ1) is 15.6. The largest absolute Gasteiger partial charge is 0.481 e. The minimum atomic E-state index is -0.831. The smallest absolute Gasteiger partial charge is 0.311 e. The molecule has 1 aromatic rings. The summed E-state index contributed by atoms with van der Waals surface area (Å²) in [5.41, 5.74) is -0.831. The molecule has 0 unspecified atom stereocenters. The number of hydrogen-bond acceptors (Lipinski definition) is 5. The van der Waals surface area contributed by atoms with Crippen LogP contribution in [0.3, 0.4) is 0 Å². The lowest BCUT2D eigenvalue weighted by Gasteiger charge is -2.26. The van der Waals surface area contributed by atoms with Crippen LogP contribution >= 0.6 is 0 Å². The van der Waals surface area contributed by atoms with Crippen molar-refractivity contribution in [2.24, 2.45) is 5.41 Å². The Morgan fingerprint density at radius 3 is 2.53 bits per heavy atom. The standard InChI is InChI=1S/C12H22N4O3/c1-5-12(6-2,11(17)18)8-16-10(13-14-15-16)7-19-9(3)4/h9H,5-8H2,1-4H3,(H,17,18). The van der Waals surface area contributed by atoms with Crippen molar-refractivity contribution >= 4 is 5.97 Å². The highest BCUT2D eigenvalue weighted by molar-refractivity contribution is 5.74. The summed E-state index contributed by atoms with van der Waals surface area (Å²) >= 11 is 0.